The van der Waals surface area contributed by atoms with Gasteiger partial charge in [0.25, 0.3) is 0 Å². The summed E-state index contributed by atoms with van der Waals surface area (Å²) in [5.74, 6) is 0.789. The van der Waals surface area contributed by atoms with Crippen LogP contribution in [0.25, 0.3) is 0 Å². The molecule has 0 spiro atoms. The Hall–Kier alpha value is -1.85. The highest BCUT2D eigenvalue weighted by molar-refractivity contribution is 7.89. The van der Waals surface area contributed by atoms with Crippen LogP contribution < -0.4 is 9.46 Å². The van der Waals surface area contributed by atoms with Crippen molar-refractivity contribution in [1.29, 1.82) is 0 Å². The first-order valence-electron chi connectivity index (χ1n) is 8.24. The second-order valence-corrected chi connectivity index (χ2v) is 8.01. The van der Waals surface area contributed by atoms with Crippen LogP contribution in [0, 0.1) is 6.92 Å². The minimum atomic E-state index is -3.47. The second kappa shape index (κ2) is 6.95. The van der Waals surface area contributed by atoms with Gasteiger partial charge < -0.3 is 4.74 Å². The molecule has 0 fully saturated rings. The highest BCUT2D eigenvalue weighted by Gasteiger charge is 2.18. The number of benzene rings is 2. The lowest BCUT2D eigenvalue weighted by Crippen LogP contribution is -2.26. The zero-order chi connectivity index (χ0) is 17.2. The van der Waals surface area contributed by atoms with Crippen LogP contribution >= 0.6 is 0 Å². The summed E-state index contributed by atoms with van der Waals surface area (Å²) in [5.41, 5.74) is 4.58. The van der Waals surface area contributed by atoms with Crippen LogP contribution in [0.1, 0.15) is 28.7 Å². The number of methoxy groups -OCH3 is 1. The molecule has 0 radical (unpaired) electrons. The topological polar surface area (TPSA) is 55.4 Å². The van der Waals surface area contributed by atoms with Gasteiger partial charge in [0, 0.05) is 6.54 Å². The fourth-order valence-corrected chi connectivity index (χ4v) is 4.30. The summed E-state index contributed by atoms with van der Waals surface area (Å²) in [5, 5.41) is 0. The van der Waals surface area contributed by atoms with E-state index in [0.717, 1.165) is 36.1 Å². The van der Waals surface area contributed by atoms with Crippen molar-refractivity contribution in [2.75, 3.05) is 13.7 Å². The number of sulfonamides is 1. The minimum Gasteiger partial charge on any atom is -0.496 e. The van der Waals surface area contributed by atoms with Crippen molar-refractivity contribution in [2.24, 2.45) is 0 Å². The zero-order valence-electron chi connectivity index (χ0n) is 14.1. The van der Waals surface area contributed by atoms with Crippen LogP contribution in [-0.4, -0.2) is 22.1 Å². The van der Waals surface area contributed by atoms with Gasteiger partial charge in [0.05, 0.1) is 12.0 Å². The molecular weight excluding hydrogens is 322 g/mol. The summed E-state index contributed by atoms with van der Waals surface area (Å²) in [6.07, 6.45) is 3.73. The van der Waals surface area contributed by atoms with Crippen molar-refractivity contribution in [3.05, 3.63) is 58.7 Å². The van der Waals surface area contributed by atoms with Crippen LogP contribution in [-0.2, 0) is 29.3 Å². The van der Waals surface area contributed by atoms with Crippen LogP contribution in [0.15, 0.2) is 41.3 Å². The Morgan fingerprint density at radius 2 is 1.88 bits per heavy atom. The summed E-state index contributed by atoms with van der Waals surface area (Å²) < 4.78 is 33.0. The van der Waals surface area contributed by atoms with E-state index >= 15 is 0 Å². The molecule has 2 aromatic carbocycles. The first-order chi connectivity index (χ1) is 11.5. The number of nitrogens with one attached hydrogen (secondary N) is 1. The third-order valence-electron chi connectivity index (χ3n) is 4.50. The van der Waals surface area contributed by atoms with E-state index in [9.17, 15) is 8.42 Å². The molecule has 3 rings (SSSR count). The van der Waals surface area contributed by atoms with Crippen molar-refractivity contribution >= 4 is 10.0 Å². The van der Waals surface area contributed by atoms with Crippen molar-refractivity contribution in [3.8, 4) is 5.75 Å². The third-order valence-corrected chi connectivity index (χ3v) is 5.96. The van der Waals surface area contributed by atoms with Gasteiger partial charge in [0.2, 0.25) is 10.0 Å². The van der Waals surface area contributed by atoms with Crippen molar-refractivity contribution in [1.82, 2.24) is 4.72 Å². The van der Waals surface area contributed by atoms with Gasteiger partial charge in [-0.25, -0.2) is 13.1 Å². The molecule has 4 nitrogen and oxygen atoms in total. The number of rotatable bonds is 6. The average Bonchev–Trinajstić information content (AvgIpc) is 3.02. The maximum Gasteiger partial charge on any atom is 0.240 e. The molecule has 24 heavy (non-hydrogen) atoms. The molecule has 0 heterocycles. The summed E-state index contributed by atoms with van der Waals surface area (Å²) in [6.45, 7) is 2.36. The first-order valence-corrected chi connectivity index (χ1v) is 9.73. The van der Waals surface area contributed by atoms with E-state index in [1.165, 1.54) is 11.1 Å². The van der Waals surface area contributed by atoms with Gasteiger partial charge >= 0.3 is 0 Å². The van der Waals surface area contributed by atoms with Crippen LogP contribution in [0.3, 0.4) is 0 Å². The molecule has 0 amide bonds. The first kappa shape index (κ1) is 17.0. The molecule has 0 bridgehead atoms. The lowest BCUT2D eigenvalue weighted by atomic mass is 10.1. The Balaban J connectivity index is 1.69. The quantitative estimate of drug-likeness (QED) is 0.875. The van der Waals surface area contributed by atoms with Gasteiger partial charge in [-0.05, 0) is 67.5 Å². The lowest BCUT2D eigenvalue weighted by molar-refractivity contribution is 0.409. The number of ether oxygens (including phenoxy) is 1. The Labute approximate surface area is 143 Å². The molecule has 128 valence electrons. The van der Waals surface area contributed by atoms with E-state index < -0.39 is 10.0 Å². The monoisotopic (exact) mass is 345 g/mol. The fourth-order valence-electron chi connectivity index (χ4n) is 3.22. The van der Waals surface area contributed by atoms with E-state index in [2.05, 4.69) is 4.72 Å². The Bertz CT molecular complexity index is 844. The molecule has 0 saturated heterocycles. The predicted octanol–water partition coefficient (Wildman–Crippen LogP) is 3.01. The maximum absolute atomic E-state index is 12.5. The third kappa shape index (κ3) is 3.62. The maximum atomic E-state index is 12.5. The Kier molecular flexibility index (Phi) is 4.92. The number of hydrogen-bond donors (Lipinski definition) is 1. The molecule has 0 unspecified atom stereocenters. The fraction of sp³-hybridized carbons (Fsp3) is 0.368. The van der Waals surface area contributed by atoms with E-state index in [1.807, 2.05) is 37.3 Å². The molecule has 0 atom stereocenters. The largest absolute Gasteiger partial charge is 0.496 e. The van der Waals surface area contributed by atoms with Gasteiger partial charge in [-0.15, -0.1) is 0 Å². The SMILES string of the molecule is COc1ccc(C)cc1CCNS(=O)(=O)c1ccc2c(c1)CCC2. The zero-order valence-corrected chi connectivity index (χ0v) is 14.9. The minimum absolute atomic E-state index is 0.346. The van der Waals surface area contributed by atoms with Crippen LogP contribution in [0.4, 0.5) is 0 Å². The summed E-state index contributed by atoms with van der Waals surface area (Å²) in [6, 6.07) is 11.4. The summed E-state index contributed by atoms with van der Waals surface area (Å²) in [7, 11) is -1.84. The standard InChI is InChI=1S/C19H23NO3S/c1-14-6-9-19(23-2)17(12-14)10-11-20-24(21,22)18-8-7-15-4-3-5-16(15)13-18/h6-9,12-13,20H,3-5,10-11H2,1-2H3. The number of fused-ring (bicyclic) bond motifs is 1. The normalized spacial score (nSPS) is 13.8. The highest BCUT2D eigenvalue weighted by atomic mass is 32.2. The van der Waals surface area contributed by atoms with Gasteiger partial charge in [0.1, 0.15) is 5.75 Å². The molecule has 5 heteroatoms. The summed E-state index contributed by atoms with van der Waals surface area (Å²) in [4.78, 5) is 0.361. The van der Waals surface area contributed by atoms with Crippen molar-refractivity contribution in [3.63, 3.8) is 0 Å². The van der Waals surface area contributed by atoms with Gasteiger partial charge in [-0.2, -0.15) is 0 Å². The van der Waals surface area contributed by atoms with E-state index in [0.29, 0.717) is 17.9 Å². The number of hydrogen-bond acceptors (Lipinski definition) is 3. The van der Waals surface area contributed by atoms with Crippen LogP contribution in [0.5, 0.6) is 5.75 Å². The van der Waals surface area contributed by atoms with Crippen molar-refractivity contribution < 1.29 is 13.2 Å². The predicted molar refractivity (Wildman–Crippen MR) is 95.1 cm³/mol. The lowest BCUT2D eigenvalue weighted by Gasteiger charge is -2.11. The average molecular weight is 345 g/mol. The molecule has 0 aromatic heterocycles. The van der Waals surface area contributed by atoms with E-state index in [4.69, 9.17) is 4.74 Å². The van der Waals surface area contributed by atoms with Crippen molar-refractivity contribution in [2.45, 2.75) is 37.5 Å². The van der Waals surface area contributed by atoms with E-state index in [1.54, 1.807) is 13.2 Å². The molecule has 1 aliphatic rings. The van der Waals surface area contributed by atoms with Gasteiger partial charge in [-0.1, -0.05) is 23.8 Å². The molecule has 2 aromatic rings. The second-order valence-electron chi connectivity index (χ2n) is 6.25. The molecule has 1 aliphatic carbocycles. The van der Waals surface area contributed by atoms with Gasteiger partial charge in [-0.3, -0.25) is 0 Å². The smallest absolute Gasteiger partial charge is 0.240 e. The molecule has 0 saturated carbocycles. The Morgan fingerprint density at radius 1 is 1.08 bits per heavy atom. The number of aryl methyl sites for hydroxylation is 3. The van der Waals surface area contributed by atoms with Gasteiger partial charge in [0.15, 0.2) is 0 Å². The molecular formula is C19H23NO3S. The highest BCUT2D eigenvalue weighted by Crippen LogP contribution is 2.25. The molecule has 1 N–H and O–H groups in total. The van der Waals surface area contributed by atoms with Crippen LogP contribution in [0.2, 0.25) is 0 Å². The summed E-state index contributed by atoms with van der Waals surface area (Å²) >= 11 is 0. The Morgan fingerprint density at radius 3 is 2.67 bits per heavy atom. The van der Waals surface area contributed by atoms with E-state index in [-0.39, 0.29) is 0 Å². The molecule has 0 aliphatic heterocycles.